The van der Waals surface area contributed by atoms with Crippen LogP contribution in [0.25, 0.3) is 0 Å². The smallest absolute Gasteiger partial charge is 0.315 e. The Balaban J connectivity index is 2.32. The first-order valence-electron chi connectivity index (χ1n) is 7.07. The molecule has 0 spiro atoms. The number of hydrogen-bond donors (Lipinski definition) is 3. The number of carbonyl (C=O) groups is 1. The van der Waals surface area contributed by atoms with Crippen molar-refractivity contribution in [3.63, 3.8) is 0 Å². The number of methoxy groups -OCH3 is 1. The number of amides is 2. The number of aliphatic hydroxyl groups excluding tert-OH is 1. The molecular formula is C15H22Cl2N2O3. The Labute approximate surface area is 140 Å². The van der Waals surface area contributed by atoms with Gasteiger partial charge in [0.15, 0.2) is 0 Å². The highest BCUT2D eigenvalue weighted by Crippen LogP contribution is 2.22. The quantitative estimate of drug-likeness (QED) is 0.676. The Morgan fingerprint density at radius 2 is 2.14 bits per heavy atom. The second kappa shape index (κ2) is 9.90. The number of carbonyl (C=O) groups excluding carboxylic acids is 1. The summed E-state index contributed by atoms with van der Waals surface area (Å²) in [5, 5.41) is 16.2. The van der Waals surface area contributed by atoms with Gasteiger partial charge in [0, 0.05) is 29.7 Å². The number of rotatable bonds is 8. The van der Waals surface area contributed by atoms with Crippen LogP contribution >= 0.6 is 23.2 Å². The van der Waals surface area contributed by atoms with Gasteiger partial charge in [-0.1, -0.05) is 29.3 Å². The van der Waals surface area contributed by atoms with Crippen molar-refractivity contribution in [1.82, 2.24) is 10.6 Å². The maximum Gasteiger partial charge on any atom is 0.315 e. The third-order valence-electron chi connectivity index (χ3n) is 3.04. The summed E-state index contributed by atoms with van der Waals surface area (Å²) < 4.78 is 4.81. The normalized spacial score (nSPS) is 13.5. The maximum absolute atomic E-state index is 11.7. The molecule has 0 saturated carbocycles. The molecule has 0 radical (unpaired) electrons. The fourth-order valence-corrected chi connectivity index (χ4v) is 2.46. The van der Waals surface area contributed by atoms with Crippen molar-refractivity contribution in [2.75, 3.05) is 20.3 Å². The van der Waals surface area contributed by atoms with E-state index in [2.05, 4.69) is 10.6 Å². The van der Waals surface area contributed by atoms with E-state index >= 15 is 0 Å². The molecule has 0 saturated heterocycles. The minimum Gasteiger partial charge on any atom is -0.391 e. The molecule has 2 atom stereocenters. The molecule has 0 aromatic heterocycles. The molecule has 0 aliphatic heterocycles. The van der Waals surface area contributed by atoms with E-state index in [9.17, 15) is 9.90 Å². The Kier molecular flexibility index (Phi) is 8.56. The third kappa shape index (κ3) is 7.31. The van der Waals surface area contributed by atoms with E-state index in [1.165, 1.54) is 7.11 Å². The van der Waals surface area contributed by atoms with Crippen molar-refractivity contribution in [1.29, 1.82) is 0 Å². The molecule has 124 valence electrons. The van der Waals surface area contributed by atoms with Crippen molar-refractivity contribution >= 4 is 29.2 Å². The number of urea groups is 1. The van der Waals surface area contributed by atoms with Gasteiger partial charge in [0.1, 0.15) is 0 Å². The zero-order chi connectivity index (χ0) is 16.5. The van der Waals surface area contributed by atoms with Gasteiger partial charge >= 0.3 is 6.03 Å². The van der Waals surface area contributed by atoms with Gasteiger partial charge in [0.2, 0.25) is 0 Å². The summed E-state index contributed by atoms with van der Waals surface area (Å²) in [6, 6.07) is 4.95. The van der Waals surface area contributed by atoms with Gasteiger partial charge < -0.3 is 20.5 Å². The van der Waals surface area contributed by atoms with Crippen molar-refractivity contribution in [2.45, 2.75) is 31.9 Å². The highest BCUT2D eigenvalue weighted by Gasteiger charge is 2.11. The van der Waals surface area contributed by atoms with Gasteiger partial charge in [-0.15, -0.1) is 0 Å². The van der Waals surface area contributed by atoms with E-state index in [0.29, 0.717) is 29.4 Å². The molecule has 1 aromatic rings. The van der Waals surface area contributed by atoms with Gasteiger partial charge in [-0.25, -0.2) is 4.79 Å². The van der Waals surface area contributed by atoms with Crippen LogP contribution in [0.1, 0.15) is 18.9 Å². The van der Waals surface area contributed by atoms with Crippen LogP contribution in [0.4, 0.5) is 4.79 Å². The predicted octanol–water partition coefficient (Wildman–Crippen LogP) is 2.62. The summed E-state index contributed by atoms with van der Waals surface area (Å²) in [6.45, 7) is 2.53. The lowest BCUT2D eigenvalue weighted by Gasteiger charge is -2.16. The lowest BCUT2D eigenvalue weighted by atomic mass is 10.1. The van der Waals surface area contributed by atoms with Gasteiger partial charge in [-0.2, -0.15) is 0 Å². The maximum atomic E-state index is 11.7. The monoisotopic (exact) mass is 348 g/mol. The number of hydrogen-bond acceptors (Lipinski definition) is 3. The van der Waals surface area contributed by atoms with Crippen molar-refractivity contribution in [3.8, 4) is 0 Å². The van der Waals surface area contributed by atoms with Crippen LogP contribution in [0.5, 0.6) is 0 Å². The number of halogens is 2. The van der Waals surface area contributed by atoms with Gasteiger partial charge in [-0.05, 0) is 37.5 Å². The zero-order valence-corrected chi connectivity index (χ0v) is 14.2. The number of nitrogens with one attached hydrogen (secondary N) is 2. The third-order valence-corrected chi connectivity index (χ3v) is 3.63. The average molecular weight is 349 g/mol. The molecule has 0 bridgehead atoms. The van der Waals surface area contributed by atoms with E-state index in [4.69, 9.17) is 27.9 Å². The Bertz CT molecular complexity index is 486. The predicted molar refractivity (Wildman–Crippen MR) is 88.7 cm³/mol. The van der Waals surface area contributed by atoms with Crippen LogP contribution < -0.4 is 10.6 Å². The number of aliphatic hydroxyl groups is 1. The second-order valence-corrected chi connectivity index (χ2v) is 5.98. The Hall–Kier alpha value is -1.01. The molecule has 0 heterocycles. The largest absolute Gasteiger partial charge is 0.391 e. The fraction of sp³-hybridized carbons (Fsp3) is 0.533. The summed E-state index contributed by atoms with van der Waals surface area (Å²) in [7, 11) is 1.52. The van der Waals surface area contributed by atoms with Crippen LogP contribution in [0.3, 0.4) is 0 Å². The first-order valence-corrected chi connectivity index (χ1v) is 7.83. The van der Waals surface area contributed by atoms with E-state index in [1.54, 1.807) is 12.1 Å². The molecule has 0 aliphatic rings. The summed E-state index contributed by atoms with van der Waals surface area (Å²) in [5.74, 6) is 0. The molecule has 7 heteroatoms. The van der Waals surface area contributed by atoms with E-state index in [0.717, 1.165) is 5.56 Å². The van der Waals surface area contributed by atoms with Crippen LogP contribution in [0.2, 0.25) is 10.0 Å². The molecule has 5 nitrogen and oxygen atoms in total. The molecule has 0 aliphatic carbocycles. The SMILES string of the molecule is COCC(O)CCNC(=O)NC(C)Cc1ccc(Cl)cc1Cl. The lowest BCUT2D eigenvalue weighted by molar-refractivity contribution is 0.0598. The van der Waals surface area contributed by atoms with Gasteiger partial charge in [0.05, 0.1) is 12.7 Å². The first-order chi connectivity index (χ1) is 10.4. The van der Waals surface area contributed by atoms with Gasteiger partial charge in [-0.3, -0.25) is 0 Å². The van der Waals surface area contributed by atoms with E-state index in [1.807, 2.05) is 13.0 Å². The fourth-order valence-electron chi connectivity index (χ4n) is 1.97. The highest BCUT2D eigenvalue weighted by molar-refractivity contribution is 6.35. The minimum absolute atomic E-state index is 0.0809. The van der Waals surface area contributed by atoms with Crippen LogP contribution in [0, 0.1) is 0 Å². The standard InChI is InChI=1S/C15H22Cl2N2O3/c1-10(7-11-3-4-12(16)8-14(11)17)19-15(21)18-6-5-13(20)9-22-2/h3-4,8,10,13,20H,5-7,9H2,1-2H3,(H2,18,19,21). The lowest BCUT2D eigenvalue weighted by Crippen LogP contribution is -2.42. The van der Waals surface area contributed by atoms with Gasteiger partial charge in [0.25, 0.3) is 0 Å². The average Bonchev–Trinajstić information content (AvgIpc) is 2.42. The summed E-state index contributed by atoms with van der Waals surface area (Å²) in [4.78, 5) is 11.7. The number of benzene rings is 1. The number of ether oxygens (including phenoxy) is 1. The molecule has 22 heavy (non-hydrogen) atoms. The topological polar surface area (TPSA) is 70.6 Å². The summed E-state index contributed by atoms with van der Waals surface area (Å²) >= 11 is 12.0. The first kappa shape index (κ1) is 19.0. The Morgan fingerprint density at radius 3 is 2.77 bits per heavy atom. The summed E-state index contributed by atoms with van der Waals surface area (Å²) in [6.07, 6.45) is 0.476. The molecule has 1 rings (SSSR count). The Morgan fingerprint density at radius 1 is 1.41 bits per heavy atom. The molecule has 2 unspecified atom stereocenters. The van der Waals surface area contributed by atoms with Crippen molar-refractivity contribution < 1.29 is 14.6 Å². The van der Waals surface area contributed by atoms with Crippen LogP contribution in [-0.2, 0) is 11.2 Å². The van der Waals surface area contributed by atoms with E-state index in [-0.39, 0.29) is 18.7 Å². The second-order valence-electron chi connectivity index (χ2n) is 5.14. The molecule has 0 fully saturated rings. The summed E-state index contributed by atoms with van der Waals surface area (Å²) in [5.41, 5.74) is 0.925. The zero-order valence-electron chi connectivity index (χ0n) is 12.7. The van der Waals surface area contributed by atoms with Crippen molar-refractivity contribution in [2.24, 2.45) is 0 Å². The molecule has 1 aromatic carbocycles. The van der Waals surface area contributed by atoms with E-state index < -0.39 is 6.10 Å². The van der Waals surface area contributed by atoms with Crippen LogP contribution in [0.15, 0.2) is 18.2 Å². The minimum atomic E-state index is -0.574. The molecule has 3 N–H and O–H groups in total. The van der Waals surface area contributed by atoms with Crippen molar-refractivity contribution in [3.05, 3.63) is 33.8 Å². The highest BCUT2D eigenvalue weighted by atomic mass is 35.5. The molecule has 2 amide bonds. The molecular weight excluding hydrogens is 327 g/mol. The van der Waals surface area contributed by atoms with Crippen LogP contribution in [-0.4, -0.2) is 43.5 Å².